The van der Waals surface area contributed by atoms with Crippen molar-refractivity contribution in [3.05, 3.63) is 89.7 Å². The topological polar surface area (TPSA) is 137 Å². The van der Waals surface area contributed by atoms with Gasteiger partial charge in [-0.1, -0.05) is 23.2 Å². The van der Waals surface area contributed by atoms with E-state index in [1.165, 1.54) is 6.07 Å². The third-order valence-corrected chi connectivity index (χ3v) is 8.42. The molecule has 4 rings (SSSR count). The number of amides is 1. The van der Waals surface area contributed by atoms with Crippen LogP contribution in [0, 0.1) is 10.1 Å². The number of benzene rings is 3. The molecule has 3 aromatic rings. The van der Waals surface area contributed by atoms with Crippen molar-refractivity contribution < 1.29 is 27.1 Å². The molecule has 0 spiro atoms. The molecule has 0 aromatic heterocycles. The van der Waals surface area contributed by atoms with Gasteiger partial charge in [-0.3, -0.25) is 14.9 Å². The molecule has 10 nitrogen and oxygen atoms in total. The Morgan fingerprint density at radius 1 is 1.13 bits per heavy atom. The number of rotatable bonds is 8. The van der Waals surface area contributed by atoms with Crippen molar-refractivity contribution in [2.24, 2.45) is 4.99 Å². The van der Waals surface area contributed by atoms with Gasteiger partial charge in [-0.15, -0.1) is 0 Å². The Balaban J connectivity index is 1.61. The van der Waals surface area contributed by atoms with Crippen LogP contribution in [-0.2, 0) is 14.9 Å². The van der Waals surface area contributed by atoms with Crippen molar-refractivity contribution in [2.75, 3.05) is 6.61 Å². The Morgan fingerprint density at radius 2 is 1.85 bits per heavy atom. The minimum Gasteiger partial charge on any atom is -0.490 e. The summed E-state index contributed by atoms with van der Waals surface area (Å²) >= 11 is 16.4. The summed E-state index contributed by atoms with van der Waals surface area (Å²) in [6, 6.07) is 12.2. The van der Waals surface area contributed by atoms with Crippen LogP contribution in [0.15, 0.2) is 73.9 Å². The molecule has 1 heterocycles. The molecule has 15 heteroatoms. The van der Waals surface area contributed by atoms with Crippen molar-refractivity contribution in [1.29, 1.82) is 0 Å². The highest BCUT2D eigenvalue weighted by molar-refractivity contribution is 9.10. The van der Waals surface area contributed by atoms with Crippen molar-refractivity contribution >= 4 is 89.5 Å². The second-order valence-electron chi connectivity index (χ2n) is 7.63. The quantitative estimate of drug-likeness (QED) is 0.120. The fraction of sp³-hybridized carbons (Fsp3) is 0.0833. The lowest BCUT2D eigenvalue weighted by Crippen LogP contribution is -2.19. The third-order valence-electron chi connectivity index (χ3n) is 4.94. The average molecular weight is 673 g/mol. The third kappa shape index (κ3) is 6.92. The highest BCUT2D eigenvalue weighted by Gasteiger charge is 2.26. The van der Waals surface area contributed by atoms with Gasteiger partial charge in [-0.2, -0.15) is 8.42 Å². The standard InChI is InChI=1S/C24H16BrCl2N3O7S2/c1-2-36-20-10-13(11-21-23(31)29-24(38-21)28-14-3-8-18(26)19(27)12-14)9-17(25)22(20)37-39(34,35)16-6-4-15(5-7-16)30(32)33/h3-12H,2H2,1H3,(H,28,29,31)/b21-11+. The molecule has 0 saturated carbocycles. The SMILES string of the molecule is CCOc1cc(/C=C2/SC(=Nc3ccc(Cl)c(Cl)c3)NC2=O)cc(Br)c1OS(=O)(=O)c1ccc([N+](=O)[O-])cc1. The van der Waals surface area contributed by atoms with Crippen LogP contribution in [0.3, 0.4) is 0 Å². The van der Waals surface area contributed by atoms with Gasteiger partial charge < -0.3 is 14.2 Å². The molecule has 0 bridgehead atoms. The molecular formula is C24H16BrCl2N3O7S2. The number of carbonyl (C=O) groups is 1. The molecule has 1 amide bonds. The lowest BCUT2D eigenvalue weighted by atomic mass is 10.2. The first-order valence-corrected chi connectivity index (χ1v) is 14.6. The van der Waals surface area contributed by atoms with E-state index in [2.05, 4.69) is 26.2 Å². The van der Waals surface area contributed by atoms with Crippen molar-refractivity contribution in [3.8, 4) is 11.5 Å². The Bertz CT molecular complexity index is 1650. The largest absolute Gasteiger partial charge is 0.490 e. The normalized spacial score (nSPS) is 15.4. The van der Waals surface area contributed by atoms with E-state index in [-0.39, 0.29) is 39.1 Å². The molecule has 0 aliphatic carbocycles. The predicted molar refractivity (Wildman–Crippen MR) is 153 cm³/mol. The van der Waals surface area contributed by atoms with E-state index < -0.39 is 15.0 Å². The molecule has 0 unspecified atom stereocenters. The molecular weight excluding hydrogens is 657 g/mol. The summed E-state index contributed by atoms with van der Waals surface area (Å²) in [5.41, 5.74) is 0.755. The van der Waals surface area contributed by atoms with Crippen LogP contribution in [0.1, 0.15) is 12.5 Å². The molecule has 1 saturated heterocycles. The fourth-order valence-electron chi connectivity index (χ4n) is 3.21. The fourth-order valence-corrected chi connectivity index (χ4v) is 5.95. The van der Waals surface area contributed by atoms with E-state index in [9.17, 15) is 23.3 Å². The summed E-state index contributed by atoms with van der Waals surface area (Å²) in [4.78, 5) is 27.2. The molecule has 0 radical (unpaired) electrons. The second-order valence-corrected chi connectivity index (χ2v) is 11.9. The van der Waals surface area contributed by atoms with Gasteiger partial charge in [0.05, 0.1) is 36.6 Å². The number of carbonyl (C=O) groups excluding carboxylic acids is 1. The van der Waals surface area contributed by atoms with Crippen LogP contribution in [0.4, 0.5) is 11.4 Å². The van der Waals surface area contributed by atoms with Crippen LogP contribution >= 0.6 is 50.9 Å². The molecule has 3 aromatic carbocycles. The smallest absolute Gasteiger partial charge is 0.339 e. The summed E-state index contributed by atoms with van der Waals surface area (Å²) < 4.78 is 36.9. The number of ether oxygens (including phenoxy) is 1. The first kappa shape index (κ1) is 28.9. The van der Waals surface area contributed by atoms with E-state index >= 15 is 0 Å². The zero-order chi connectivity index (χ0) is 28.3. The number of aliphatic imine (C=N–C) groups is 1. The lowest BCUT2D eigenvalue weighted by molar-refractivity contribution is -0.384. The Labute approximate surface area is 245 Å². The molecule has 39 heavy (non-hydrogen) atoms. The number of nitro groups is 1. The molecule has 1 N–H and O–H groups in total. The van der Waals surface area contributed by atoms with Crippen LogP contribution in [-0.4, -0.2) is 31.0 Å². The van der Waals surface area contributed by atoms with E-state index in [0.29, 0.717) is 31.4 Å². The Morgan fingerprint density at radius 3 is 2.49 bits per heavy atom. The molecule has 1 aliphatic heterocycles. The molecule has 0 atom stereocenters. The van der Waals surface area contributed by atoms with E-state index in [4.69, 9.17) is 32.1 Å². The van der Waals surface area contributed by atoms with Gasteiger partial charge in [0.2, 0.25) is 0 Å². The summed E-state index contributed by atoms with van der Waals surface area (Å²) in [6.45, 7) is 1.90. The average Bonchev–Trinajstić information content (AvgIpc) is 3.22. The summed E-state index contributed by atoms with van der Waals surface area (Å²) in [5.74, 6) is -0.408. The van der Waals surface area contributed by atoms with Gasteiger partial charge in [0.25, 0.3) is 11.6 Å². The molecule has 1 fully saturated rings. The lowest BCUT2D eigenvalue weighted by Gasteiger charge is -2.14. The Hall–Kier alpha value is -3.10. The van der Waals surface area contributed by atoms with Gasteiger partial charge in [-0.05, 0) is 88.7 Å². The predicted octanol–water partition coefficient (Wildman–Crippen LogP) is 6.72. The van der Waals surface area contributed by atoms with Gasteiger partial charge in [0.15, 0.2) is 16.7 Å². The number of hydrogen-bond donors (Lipinski definition) is 1. The minimum atomic E-state index is -4.36. The molecule has 202 valence electrons. The van der Waals surface area contributed by atoms with Gasteiger partial charge in [0, 0.05) is 12.1 Å². The first-order valence-electron chi connectivity index (χ1n) is 10.9. The van der Waals surface area contributed by atoms with Crippen LogP contribution in [0.2, 0.25) is 10.0 Å². The van der Waals surface area contributed by atoms with Gasteiger partial charge in [0.1, 0.15) is 4.90 Å². The summed E-state index contributed by atoms with van der Waals surface area (Å²) in [5, 5.41) is 14.6. The number of nitrogens with zero attached hydrogens (tertiary/aromatic N) is 2. The van der Waals surface area contributed by atoms with E-state index in [1.807, 2.05) is 0 Å². The van der Waals surface area contributed by atoms with E-state index in [1.54, 1.807) is 37.3 Å². The van der Waals surface area contributed by atoms with Crippen molar-refractivity contribution in [3.63, 3.8) is 0 Å². The summed E-state index contributed by atoms with van der Waals surface area (Å²) in [6.07, 6.45) is 1.58. The van der Waals surface area contributed by atoms with Gasteiger partial charge in [-0.25, -0.2) is 4.99 Å². The second kappa shape index (κ2) is 12.0. The van der Waals surface area contributed by atoms with Crippen LogP contribution in [0.25, 0.3) is 6.08 Å². The maximum Gasteiger partial charge on any atom is 0.339 e. The van der Waals surface area contributed by atoms with Crippen molar-refractivity contribution in [1.82, 2.24) is 5.32 Å². The number of hydrogen-bond acceptors (Lipinski definition) is 9. The van der Waals surface area contributed by atoms with Crippen molar-refractivity contribution in [2.45, 2.75) is 11.8 Å². The minimum absolute atomic E-state index is 0.0947. The zero-order valence-corrected chi connectivity index (χ0v) is 24.4. The highest BCUT2D eigenvalue weighted by Crippen LogP contribution is 2.40. The number of halogens is 3. The Kier molecular flexibility index (Phi) is 8.86. The van der Waals surface area contributed by atoms with Crippen LogP contribution in [0.5, 0.6) is 11.5 Å². The molecule has 1 aliphatic rings. The monoisotopic (exact) mass is 671 g/mol. The zero-order valence-electron chi connectivity index (χ0n) is 19.7. The summed E-state index contributed by atoms with van der Waals surface area (Å²) in [7, 11) is -4.36. The highest BCUT2D eigenvalue weighted by atomic mass is 79.9. The number of nitrogens with one attached hydrogen (secondary N) is 1. The number of nitro benzene ring substituents is 1. The van der Waals surface area contributed by atoms with Gasteiger partial charge >= 0.3 is 10.1 Å². The first-order chi connectivity index (χ1) is 18.5. The van der Waals surface area contributed by atoms with E-state index in [0.717, 1.165) is 36.0 Å². The van der Waals surface area contributed by atoms with Crippen LogP contribution < -0.4 is 14.2 Å². The number of thioether (sulfide) groups is 1. The number of amidine groups is 1. The maximum absolute atomic E-state index is 12.9. The maximum atomic E-state index is 12.9. The number of non-ortho nitro benzene ring substituents is 1.